The van der Waals surface area contributed by atoms with E-state index in [1.54, 1.807) is 24.4 Å². The lowest BCUT2D eigenvalue weighted by molar-refractivity contribution is -0.122. The van der Waals surface area contributed by atoms with Crippen LogP contribution in [0.15, 0.2) is 53.5 Å². The molecule has 8 nitrogen and oxygen atoms in total. The molecule has 3 aromatic rings. The van der Waals surface area contributed by atoms with Crippen LogP contribution in [0.1, 0.15) is 31.4 Å². The van der Waals surface area contributed by atoms with Gasteiger partial charge < -0.3 is 10.6 Å². The Morgan fingerprint density at radius 1 is 1.18 bits per heavy atom. The molecule has 0 radical (unpaired) electrons. The second kappa shape index (κ2) is 7.30. The largest absolute Gasteiger partial charge is 0.350 e. The lowest BCUT2D eigenvalue weighted by Crippen LogP contribution is -2.34. The minimum Gasteiger partial charge on any atom is -0.348 e. The molecule has 28 heavy (non-hydrogen) atoms. The molecule has 0 aliphatic heterocycles. The summed E-state index contributed by atoms with van der Waals surface area (Å²) in [6.45, 7) is 1.71. The summed E-state index contributed by atoms with van der Waals surface area (Å²) in [6, 6.07) is 12.4. The first kappa shape index (κ1) is 18.0. The van der Waals surface area contributed by atoms with Crippen LogP contribution in [0.25, 0.3) is 5.65 Å². The fourth-order valence-corrected chi connectivity index (χ4v) is 3.02. The Hall–Kier alpha value is -3.42. The molecule has 1 saturated carbocycles. The molecule has 144 valence electrons. The third kappa shape index (κ3) is 3.80. The molecule has 1 aromatic carbocycles. The fraction of sp³-hybridized carbons (Fsp3) is 0.300. The molecule has 1 aliphatic carbocycles. The SMILES string of the molecule is CC(NC(=O)Cn1nc2ccccn2c1=O)c1ccc(NC(=O)C2CC2)cc1. The van der Waals surface area contributed by atoms with Crippen LogP contribution in [0.3, 0.4) is 0 Å². The van der Waals surface area contributed by atoms with E-state index in [1.165, 1.54) is 4.40 Å². The van der Waals surface area contributed by atoms with Crippen LogP contribution >= 0.6 is 0 Å². The summed E-state index contributed by atoms with van der Waals surface area (Å²) in [5.74, 6) is -0.0861. The van der Waals surface area contributed by atoms with Crippen LogP contribution in [-0.2, 0) is 16.1 Å². The highest BCUT2D eigenvalue weighted by atomic mass is 16.2. The van der Waals surface area contributed by atoms with Crippen molar-refractivity contribution < 1.29 is 9.59 Å². The monoisotopic (exact) mass is 379 g/mol. The van der Waals surface area contributed by atoms with Crippen molar-refractivity contribution in [3.8, 4) is 0 Å². The Bertz CT molecular complexity index is 1080. The van der Waals surface area contributed by atoms with Crippen LogP contribution in [0.5, 0.6) is 0 Å². The zero-order valence-electron chi connectivity index (χ0n) is 15.5. The molecule has 0 bridgehead atoms. The summed E-state index contributed by atoms with van der Waals surface area (Å²) >= 11 is 0. The van der Waals surface area contributed by atoms with Gasteiger partial charge in [-0.15, -0.1) is 5.10 Å². The van der Waals surface area contributed by atoms with E-state index >= 15 is 0 Å². The van der Waals surface area contributed by atoms with Crippen molar-refractivity contribution >= 4 is 23.1 Å². The van der Waals surface area contributed by atoms with E-state index in [2.05, 4.69) is 15.7 Å². The number of aromatic nitrogens is 3. The number of carbonyl (C=O) groups is 2. The van der Waals surface area contributed by atoms with Gasteiger partial charge in [0.25, 0.3) is 0 Å². The van der Waals surface area contributed by atoms with E-state index in [1.807, 2.05) is 31.2 Å². The van der Waals surface area contributed by atoms with Crippen molar-refractivity contribution in [3.05, 3.63) is 64.7 Å². The summed E-state index contributed by atoms with van der Waals surface area (Å²) in [6.07, 6.45) is 3.54. The van der Waals surface area contributed by atoms with Gasteiger partial charge in [-0.1, -0.05) is 18.2 Å². The van der Waals surface area contributed by atoms with Crippen LogP contribution in [-0.4, -0.2) is 26.0 Å². The van der Waals surface area contributed by atoms with Crippen molar-refractivity contribution in [2.75, 3.05) is 5.32 Å². The molecule has 4 rings (SSSR count). The van der Waals surface area contributed by atoms with E-state index in [-0.39, 0.29) is 36.0 Å². The van der Waals surface area contributed by atoms with Gasteiger partial charge in [-0.3, -0.25) is 14.0 Å². The number of benzene rings is 1. The van der Waals surface area contributed by atoms with Crippen molar-refractivity contribution in [2.24, 2.45) is 5.92 Å². The van der Waals surface area contributed by atoms with E-state index in [9.17, 15) is 14.4 Å². The number of pyridine rings is 1. The molecule has 1 atom stereocenters. The Balaban J connectivity index is 1.37. The first-order valence-electron chi connectivity index (χ1n) is 9.25. The minimum atomic E-state index is -0.353. The number of carbonyl (C=O) groups excluding carboxylic acids is 2. The number of rotatable bonds is 6. The lowest BCUT2D eigenvalue weighted by atomic mass is 10.1. The van der Waals surface area contributed by atoms with Crippen molar-refractivity contribution in [1.29, 1.82) is 0 Å². The Kier molecular flexibility index (Phi) is 4.68. The molecule has 2 aromatic heterocycles. The summed E-state index contributed by atoms with van der Waals surface area (Å²) < 4.78 is 2.54. The molecule has 0 spiro atoms. The summed E-state index contributed by atoms with van der Waals surface area (Å²) in [5.41, 5.74) is 1.79. The number of anilines is 1. The smallest absolute Gasteiger partial charge is 0.348 e. The molecule has 8 heteroatoms. The Labute approximate surface area is 161 Å². The summed E-state index contributed by atoms with van der Waals surface area (Å²) in [7, 11) is 0. The maximum atomic E-state index is 12.3. The zero-order valence-corrected chi connectivity index (χ0v) is 15.5. The van der Waals surface area contributed by atoms with Crippen molar-refractivity contribution in [2.45, 2.75) is 32.4 Å². The van der Waals surface area contributed by atoms with Crippen LogP contribution in [0.2, 0.25) is 0 Å². The van der Waals surface area contributed by atoms with Gasteiger partial charge in [0.05, 0.1) is 6.04 Å². The highest BCUT2D eigenvalue weighted by molar-refractivity contribution is 5.94. The zero-order chi connectivity index (χ0) is 19.7. The highest BCUT2D eigenvalue weighted by Crippen LogP contribution is 2.30. The van der Waals surface area contributed by atoms with Gasteiger partial charge in [-0.25, -0.2) is 9.48 Å². The molecule has 1 aliphatic rings. The van der Waals surface area contributed by atoms with E-state index < -0.39 is 0 Å². The quantitative estimate of drug-likeness (QED) is 0.681. The van der Waals surface area contributed by atoms with Crippen molar-refractivity contribution in [1.82, 2.24) is 19.5 Å². The topological polar surface area (TPSA) is 97.5 Å². The summed E-state index contributed by atoms with van der Waals surface area (Å²) in [4.78, 5) is 36.4. The molecular formula is C20H21N5O3. The van der Waals surface area contributed by atoms with Gasteiger partial charge in [0.15, 0.2) is 5.65 Å². The predicted molar refractivity (Wildman–Crippen MR) is 104 cm³/mol. The van der Waals surface area contributed by atoms with E-state index in [0.29, 0.717) is 5.65 Å². The average Bonchev–Trinajstić information content (AvgIpc) is 3.49. The van der Waals surface area contributed by atoms with Gasteiger partial charge in [-0.2, -0.15) is 0 Å². The third-order valence-electron chi connectivity index (χ3n) is 4.79. The van der Waals surface area contributed by atoms with Gasteiger partial charge in [0.1, 0.15) is 6.54 Å². The van der Waals surface area contributed by atoms with Crippen molar-refractivity contribution in [3.63, 3.8) is 0 Å². The van der Waals surface area contributed by atoms with E-state index in [0.717, 1.165) is 28.8 Å². The molecule has 2 N–H and O–H groups in total. The fourth-order valence-electron chi connectivity index (χ4n) is 3.02. The second-order valence-corrected chi connectivity index (χ2v) is 7.04. The van der Waals surface area contributed by atoms with Gasteiger partial charge >= 0.3 is 5.69 Å². The maximum absolute atomic E-state index is 12.3. The predicted octanol–water partition coefficient (Wildman–Crippen LogP) is 1.72. The highest BCUT2D eigenvalue weighted by Gasteiger charge is 2.29. The third-order valence-corrected chi connectivity index (χ3v) is 4.79. The van der Waals surface area contributed by atoms with Crippen LogP contribution < -0.4 is 16.3 Å². The number of nitrogens with zero attached hydrogens (tertiary/aromatic N) is 3. The van der Waals surface area contributed by atoms with Crippen LogP contribution in [0.4, 0.5) is 5.69 Å². The molecular weight excluding hydrogens is 358 g/mol. The Morgan fingerprint density at radius 2 is 1.93 bits per heavy atom. The van der Waals surface area contributed by atoms with Gasteiger partial charge in [0, 0.05) is 17.8 Å². The van der Waals surface area contributed by atoms with E-state index in [4.69, 9.17) is 0 Å². The average molecular weight is 379 g/mol. The number of hydrogen-bond acceptors (Lipinski definition) is 4. The molecule has 0 saturated heterocycles. The molecule has 1 fully saturated rings. The lowest BCUT2D eigenvalue weighted by Gasteiger charge is -2.15. The van der Waals surface area contributed by atoms with Gasteiger partial charge in [-0.05, 0) is 49.6 Å². The molecule has 2 amide bonds. The molecule has 1 unspecified atom stereocenters. The Morgan fingerprint density at radius 3 is 2.61 bits per heavy atom. The minimum absolute atomic E-state index is 0.0620. The number of hydrogen-bond donors (Lipinski definition) is 2. The summed E-state index contributed by atoms with van der Waals surface area (Å²) in [5, 5.41) is 9.91. The number of nitrogens with one attached hydrogen (secondary N) is 2. The normalized spacial score (nSPS) is 14.6. The maximum Gasteiger partial charge on any atom is 0.350 e. The number of fused-ring (bicyclic) bond motifs is 1. The first-order chi connectivity index (χ1) is 13.5. The second-order valence-electron chi connectivity index (χ2n) is 7.04. The standard InChI is InChI=1S/C20H21N5O3/c1-13(14-7-9-16(10-8-14)22-19(27)15-5-6-15)21-18(26)12-25-20(28)24-11-3-2-4-17(24)23-25/h2-4,7-11,13,15H,5-6,12H2,1H3,(H,21,26)(H,22,27). The van der Waals surface area contributed by atoms with Gasteiger partial charge in [0.2, 0.25) is 11.8 Å². The number of amides is 2. The van der Waals surface area contributed by atoms with Crippen LogP contribution in [0, 0.1) is 5.92 Å². The first-order valence-corrected chi connectivity index (χ1v) is 9.25. The molecule has 2 heterocycles.